The maximum atomic E-state index is 12.1. The predicted molar refractivity (Wildman–Crippen MR) is 73.6 cm³/mol. The Kier molecular flexibility index (Phi) is 4.22. The van der Waals surface area contributed by atoms with Gasteiger partial charge in [-0.15, -0.1) is 0 Å². The molecule has 1 amide bonds. The highest BCUT2D eigenvalue weighted by Crippen LogP contribution is 2.30. The molecule has 2 rings (SSSR count). The zero-order valence-electron chi connectivity index (χ0n) is 11.3. The topological polar surface area (TPSA) is 92.5 Å². The molecule has 0 saturated heterocycles. The Bertz CT molecular complexity index is 530. The number of phenols is 1. The second-order valence-corrected chi connectivity index (χ2v) is 5.34. The molecule has 2 unspecified atom stereocenters. The fraction of sp³-hybridized carbons (Fsp3) is 0.500. The summed E-state index contributed by atoms with van der Waals surface area (Å²) >= 11 is 0. The lowest BCUT2D eigenvalue weighted by Gasteiger charge is -2.15. The molecule has 6 nitrogen and oxygen atoms in total. The van der Waals surface area contributed by atoms with Gasteiger partial charge in [-0.2, -0.15) is 0 Å². The van der Waals surface area contributed by atoms with Crippen molar-refractivity contribution in [2.45, 2.75) is 26.2 Å². The number of nitrogens with one attached hydrogen (secondary N) is 1. The van der Waals surface area contributed by atoms with Crippen molar-refractivity contribution < 1.29 is 14.8 Å². The van der Waals surface area contributed by atoms with Crippen molar-refractivity contribution in [3.8, 4) is 5.75 Å². The molecule has 0 bridgehead atoms. The van der Waals surface area contributed by atoms with Gasteiger partial charge in [0.2, 0.25) is 0 Å². The Labute approximate surface area is 117 Å². The summed E-state index contributed by atoms with van der Waals surface area (Å²) in [7, 11) is 0. The average molecular weight is 278 g/mol. The van der Waals surface area contributed by atoms with E-state index in [1.807, 2.05) is 0 Å². The molecular weight excluding hydrogens is 260 g/mol. The first-order valence-corrected chi connectivity index (χ1v) is 6.74. The number of carbonyl (C=O) groups excluding carboxylic acids is 1. The van der Waals surface area contributed by atoms with E-state index in [1.54, 1.807) is 0 Å². The van der Waals surface area contributed by atoms with Crippen LogP contribution in [0, 0.1) is 22.0 Å². The Morgan fingerprint density at radius 1 is 1.50 bits per heavy atom. The van der Waals surface area contributed by atoms with Crippen molar-refractivity contribution in [1.29, 1.82) is 0 Å². The van der Waals surface area contributed by atoms with E-state index in [-0.39, 0.29) is 17.0 Å². The number of phenolic OH excluding ortho intramolecular Hbond substituents is 1. The van der Waals surface area contributed by atoms with Crippen LogP contribution in [0.2, 0.25) is 0 Å². The van der Waals surface area contributed by atoms with E-state index in [1.165, 1.54) is 6.07 Å². The van der Waals surface area contributed by atoms with E-state index in [4.69, 9.17) is 0 Å². The minimum absolute atomic E-state index is 0.0966. The van der Waals surface area contributed by atoms with Crippen LogP contribution in [0.15, 0.2) is 18.2 Å². The van der Waals surface area contributed by atoms with Crippen molar-refractivity contribution in [3.63, 3.8) is 0 Å². The van der Waals surface area contributed by atoms with Crippen LogP contribution >= 0.6 is 0 Å². The number of amides is 1. The molecule has 0 aromatic heterocycles. The fourth-order valence-electron chi connectivity index (χ4n) is 2.71. The Hall–Kier alpha value is -2.11. The largest absolute Gasteiger partial charge is 0.508 e. The minimum Gasteiger partial charge on any atom is -0.508 e. The van der Waals surface area contributed by atoms with Crippen LogP contribution < -0.4 is 5.32 Å². The lowest BCUT2D eigenvalue weighted by molar-refractivity contribution is -0.385. The number of rotatable bonds is 4. The van der Waals surface area contributed by atoms with E-state index in [0.717, 1.165) is 31.4 Å². The molecule has 1 fully saturated rings. The first-order valence-electron chi connectivity index (χ1n) is 6.74. The maximum absolute atomic E-state index is 12.1. The van der Waals surface area contributed by atoms with Gasteiger partial charge >= 0.3 is 0 Å². The van der Waals surface area contributed by atoms with Gasteiger partial charge in [-0.25, -0.2) is 0 Å². The lowest BCUT2D eigenvalue weighted by atomic mass is 9.98. The van der Waals surface area contributed by atoms with E-state index in [2.05, 4.69) is 12.2 Å². The van der Waals surface area contributed by atoms with Crippen LogP contribution in [0.3, 0.4) is 0 Å². The number of benzene rings is 1. The molecule has 2 atom stereocenters. The molecule has 1 aliphatic rings. The van der Waals surface area contributed by atoms with Gasteiger partial charge in [0.05, 0.1) is 4.92 Å². The number of hydrogen-bond acceptors (Lipinski definition) is 4. The molecule has 0 heterocycles. The third-order valence-electron chi connectivity index (χ3n) is 3.99. The third-order valence-corrected chi connectivity index (χ3v) is 3.99. The molecule has 108 valence electrons. The maximum Gasteiger partial charge on any atom is 0.282 e. The number of hydrogen-bond donors (Lipinski definition) is 2. The van der Waals surface area contributed by atoms with Crippen molar-refractivity contribution in [2.24, 2.45) is 11.8 Å². The van der Waals surface area contributed by atoms with Crippen LogP contribution in [-0.4, -0.2) is 22.5 Å². The molecule has 1 saturated carbocycles. The number of nitro groups is 1. The van der Waals surface area contributed by atoms with E-state index >= 15 is 0 Å². The quantitative estimate of drug-likeness (QED) is 0.653. The van der Waals surface area contributed by atoms with Gasteiger partial charge in [-0.1, -0.05) is 19.8 Å². The molecule has 6 heteroatoms. The van der Waals surface area contributed by atoms with Crippen molar-refractivity contribution in [1.82, 2.24) is 5.32 Å². The van der Waals surface area contributed by atoms with E-state index < -0.39 is 10.8 Å². The first-order chi connectivity index (χ1) is 9.49. The Morgan fingerprint density at radius 3 is 2.85 bits per heavy atom. The van der Waals surface area contributed by atoms with E-state index in [9.17, 15) is 20.0 Å². The second kappa shape index (κ2) is 5.90. The second-order valence-electron chi connectivity index (χ2n) is 5.34. The lowest BCUT2D eigenvalue weighted by Crippen LogP contribution is -2.30. The standard InChI is InChI=1S/C14H18N2O4/c1-9-3-2-4-10(9)8-15-14(18)12-7-11(17)5-6-13(12)16(19)20/h5-7,9-10,17H,2-4,8H2,1H3,(H,15,18). The van der Waals surface area contributed by atoms with Gasteiger partial charge in [-0.3, -0.25) is 14.9 Å². The summed E-state index contributed by atoms with van der Waals surface area (Å²) in [5.74, 6) is 0.325. The van der Waals surface area contributed by atoms with Crippen LogP contribution in [0.1, 0.15) is 36.5 Å². The molecule has 0 radical (unpaired) electrons. The van der Waals surface area contributed by atoms with Crippen molar-refractivity contribution in [3.05, 3.63) is 33.9 Å². The zero-order valence-corrected chi connectivity index (χ0v) is 11.3. The van der Waals surface area contributed by atoms with Gasteiger partial charge in [0.15, 0.2) is 0 Å². The smallest absolute Gasteiger partial charge is 0.282 e. The number of nitro benzene ring substituents is 1. The molecule has 1 aliphatic carbocycles. The zero-order chi connectivity index (χ0) is 14.7. The first kappa shape index (κ1) is 14.3. The monoisotopic (exact) mass is 278 g/mol. The van der Waals surface area contributed by atoms with Crippen molar-refractivity contribution in [2.75, 3.05) is 6.54 Å². The average Bonchev–Trinajstić information content (AvgIpc) is 2.81. The van der Waals surface area contributed by atoms with E-state index in [0.29, 0.717) is 18.4 Å². The Balaban J connectivity index is 2.08. The summed E-state index contributed by atoms with van der Waals surface area (Å²) in [5, 5.41) is 23.0. The van der Waals surface area contributed by atoms with Crippen LogP contribution in [0.5, 0.6) is 5.75 Å². The highest BCUT2D eigenvalue weighted by molar-refractivity contribution is 5.98. The summed E-state index contributed by atoms with van der Waals surface area (Å²) in [6.45, 7) is 2.67. The molecule has 1 aromatic carbocycles. The number of carbonyl (C=O) groups is 1. The summed E-state index contributed by atoms with van der Waals surface area (Å²) < 4.78 is 0. The molecule has 0 spiro atoms. The SMILES string of the molecule is CC1CCCC1CNC(=O)c1cc(O)ccc1[N+](=O)[O-]. The van der Waals surface area contributed by atoms with Crippen LogP contribution in [0.25, 0.3) is 0 Å². The fourth-order valence-corrected chi connectivity index (χ4v) is 2.71. The Morgan fingerprint density at radius 2 is 2.25 bits per heavy atom. The number of nitrogens with zero attached hydrogens (tertiary/aromatic N) is 1. The normalized spacial score (nSPS) is 21.6. The van der Waals surface area contributed by atoms with Crippen LogP contribution in [0.4, 0.5) is 5.69 Å². The molecule has 20 heavy (non-hydrogen) atoms. The molecular formula is C14H18N2O4. The van der Waals surface area contributed by atoms with Gasteiger partial charge < -0.3 is 10.4 Å². The summed E-state index contributed by atoms with van der Waals surface area (Å²) in [4.78, 5) is 22.3. The molecule has 2 N–H and O–H groups in total. The van der Waals surface area contributed by atoms with Gasteiger partial charge in [0.1, 0.15) is 11.3 Å². The summed E-state index contributed by atoms with van der Waals surface area (Å²) in [6.07, 6.45) is 3.39. The van der Waals surface area contributed by atoms with Crippen LogP contribution in [-0.2, 0) is 0 Å². The predicted octanol–water partition coefficient (Wildman–Crippen LogP) is 2.47. The van der Waals surface area contributed by atoms with Crippen molar-refractivity contribution >= 4 is 11.6 Å². The third kappa shape index (κ3) is 3.07. The summed E-state index contributed by atoms with van der Waals surface area (Å²) in [5.41, 5.74) is -0.388. The highest BCUT2D eigenvalue weighted by atomic mass is 16.6. The molecule has 1 aromatic rings. The van der Waals surface area contributed by atoms with Gasteiger partial charge in [-0.05, 0) is 30.4 Å². The summed E-state index contributed by atoms with van der Waals surface area (Å²) in [6, 6.07) is 3.47. The van der Waals surface area contributed by atoms with Gasteiger partial charge in [0.25, 0.3) is 11.6 Å². The highest BCUT2D eigenvalue weighted by Gasteiger charge is 2.25. The van der Waals surface area contributed by atoms with Gasteiger partial charge in [0, 0.05) is 12.6 Å². The number of aromatic hydroxyl groups is 1. The molecule has 0 aliphatic heterocycles. The minimum atomic E-state index is -0.619.